The number of unbranched alkanes of at least 4 members (excludes halogenated alkanes) is 1. The smallest absolute Gasteiger partial charge is 0.144 e. The molecule has 1 aromatic carbocycles. The average molecular weight is 244 g/mol. The molecule has 0 saturated carbocycles. The van der Waals surface area contributed by atoms with E-state index >= 15 is 0 Å². The van der Waals surface area contributed by atoms with Crippen LogP contribution in [0.2, 0.25) is 0 Å². The molecule has 2 N–H and O–H groups in total. The van der Waals surface area contributed by atoms with Crippen LogP contribution in [0.1, 0.15) is 19.8 Å². The van der Waals surface area contributed by atoms with Gasteiger partial charge in [-0.2, -0.15) is 0 Å². The summed E-state index contributed by atoms with van der Waals surface area (Å²) in [6.45, 7) is 2.62. The second-order valence-corrected chi connectivity index (χ2v) is 3.80. The van der Waals surface area contributed by atoms with Gasteiger partial charge in [0.25, 0.3) is 0 Å². The quantitative estimate of drug-likeness (QED) is 0.467. The zero-order valence-corrected chi connectivity index (χ0v) is 9.79. The van der Waals surface area contributed by atoms with E-state index in [-0.39, 0.29) is 5.75 Å². The van der Waals surface area contributed by atoms with E-state index in [1.165, 1.54) is 12.1 Å². The molecule has 0 aliphatic carbocycles. The number of hydrogen-bond donors (Lipinski definition) is 1. The van der Waals surface area contributed by atoms with Gasteiger partial charge in [0.1, 0.15) is 22.9 Å². The van der Waals surface area contributed by atoms with Gasteiger partial charge >= 0.3 is 0 Å². The molecule has 90 valence electrons. The van der Waals surface area contributed by atoms with Crippen LogP contribution in [-0.4, -0.2) is 15.4 Å². The van der Waals surface area contributed by atoms with Crippen molar-refractivity contribution in [3.63, 3.8) is 0 Å². The second-order valence-electron chi connectivity index (χ2n) is 3.23. The molecule has 0 spiro atoms. The third kappa shape index (κ3) is 4.50. The van der Waals surface area contributed by atoms with Crippen LogP contribution in [0.3, 0.4) is 0 Å². The minimum atomic E-state index is -2.60. The van der Waals surface area contributed by atoms with Gasteiger partial charge in [0.05, 0.1) is 6.61 Å². The first-order valence-electron chi connectivity index (χ1n) is 4.92. The maximum absolute atomic E-state index is 10.3. The van der Waals surface area contributed by atoms with Crippen LogP contribution in [0.4, 0.5) is 5.69 Å². The summed E-state index contributed by atoms with van der Waals surface area (Å²) in [5.74, 6) is 0.661. The standard InChI is InChI=1S/C10H15NO4S/c1-2-3-4-14-9-5-8(11)6-10(7-9)15-16(12)13/h5-7H,2-4,11H2,1H3,(H,12,13)/p-1. The molecule has 0 aliphatic rings. The molecule has 1 aromatic rings. The van der Waals surface area contributed by atoms with Crippen LogP contribution in [0.5, 0.6) is 11.5 Å². The van der Waals surface area contributed by atoms with Crippen molar-refractivity contribution in [2.24, 2.45) is 0 Å². The van der Waals surface area contributed by atoms with E-state index in [4.69, 9.17) is 10.5 Å². The van der Waals surface area contributed by atoms with E-state index in [0.29, 0.717) is 18.0 Å². The number of hydrogen-bond acceptors (Lipinski definition) is 5. The van der Waals surface area contributed by atoms with Crippen molar-refractivity contribution < 1.29 is 17.7 Å². The minimum absolute atomic E-state index is 0.153. The SMILES string of the molecule is CCCCOc1cc(N)cc(OS(=O)[O-])c1. The summed E-state index contributed by atoms with van der Waals surface area (Å²) >= 11 is -2.60. The summed E-state index contributed by atoms with van der Waals surface area (Å²) in [7, 11) is 0. The zero-order chi connectivity index (χ0) is 12.0. The van der Waals surface area contributed by atoms with E-state index in [9.17, 15) is 8.76 Å². The summed E-state index contributed by atoms with van der Waals surface area (Å²) in [5, 5.41) is 0. The third-order valence-electron chi connectivity index (χ3n) is 1.83. The van der Waals surface area contributed by atoms with Crippen LogP contribution in [-0.2, 0) is 11.4 Å². The van der Waals surface area contributed by atoms with Crippen LogP contribution < -0.4 is 14.7 Å². The Balaban J connectivity index is 2.69. The van der Waals surface area contributed by atoms with Gasteiger partial charge in [-0.15, -0.1) is 0 Å². The van der Waals surface area contributed by atoms with Gasteiger partial charge in [-0.25, -0.2) is 4.21 Å². The highest BCUT2D eigenvalue weighted by Gasteiger charge is 2.01. The Hall–Kier alpha value is -1.27. The summed E-state index contributed by atoms with van der Waals surface area (Å²) in [4.78, 5) is 0. The van der Waals surface area contributed by atoms with Gasteiger partial charge in [-0.1, -0.05) is 13.3 Å². The van der Waals surface area contributed by atoms with E-state index in [0.717, 1.165) is 12.8 Å². The van der Waals surface area contributed by atoms with Crippen molar-refractivity contribution in [1.82, 2.24) is 0 Å². The highest BCUT2D eigenvalue weighted by molar-refractivity contribution is 7.74. The van der Waals surface area contributed by atoms with Gasteiger partial charge < -0.3 is 19.2 Å². The Labute approximate surface area is 97.0 Å². The molecule has 0 amide bonds. The molecule has 6 heteroatoms. The molecule has 16 heavy (non-hydrogen) atoms. The largest absolute Gasteiger partial charge is 0.740 e. The third-order valence-corrected chi connectivity index (χ3v) is 2.16. The summed E-state index contributed by atoms with van der Waals surface area (Å²) < 4.78 is 30.6. The molecule has 5 nitrogen and oxygen atoms in total. The average Bonchev–Trinajstić information content (AvgIpc) is 2.16. The highest BCUT2D eigenvalue weighted by Crippen LogP contribution is 2.24. The van der Waals surface area contributed by atoms with Crippen molar-refractivity contribution in [3.05, 3.63) is 18.2 Å². The topological polar surface area (TPSA) is 84.6 Å². The summed E-state index contributed by atoms with van der Waals surface area (Å²) in [5.41, 5.74) is 5.98. The number of nitrogen functional groups attached to an aromatic ring is 1. The lowest BCUT2D eigenvalue weighted by atomic mass is 10.3. The normalized spacial score (nSPS) is 12.1. The maximum Gasteiger partial charge on any atom is 0.144 e. The molecule has 0 bridgehead atoms. The minimum Gasteiger partial charge on any atom is -0.740 e. The highest BCUT2D eigenvalue weighted by atomic mass is 32.2. The van der Waals surface area contributed by atoms with E-state index < -0.39 is 11.4 Å². The zero-order valence-electron chi connectivity index (χ0n) is 8.97. The Morgan fingerprint density at radius 3 is 2.69 bits per heavy atom. The maximum atomic E-state index is 10.3. The molecule has 0 fully saturated rings. The molecule has 0 radical (unpaired) electrons. The number of ether oxygens (including phenoxy) is 1. The summed E-state index contributed by atoms with van der Waals surface area (Å²) in [6.07, 6.45) is 1.95. The molecule has 1 atom stereocenters. The molecule has 0 aliphatic heterocycles. The Kier molecular flexibility index (Phi) is 5.07. The number of benzene rings is 1. The fourth-order valence-electron chi connectivity index (χ4n) is 1.14. The van der Waals surface area contributed by atoms with E-state index in [1.807, 2.05) is 0 Å². The molecular formula is C10H14NO4S-. The van der Waals surface area contributed by atoms with Crippen molar-refractivity contribution in [3.8, 4) is 11.5 Å². The van der Waals surface area contributed by atoms with Crippen LogP contribution >= 0.6 is 0 Å². The van der Waals surface area contributed by atoms with Crippen molar-refractivity contribution in [2.75, 3.05) is 12.3 Å². The second kappa shape index (κ2) is 6.34. The van der Waals surface area contributed by atoms with Gasteiger partial charge in [0.15, 0.2) is 0 Å². The van der Waals surface area contributed by atoms with E-state index in [1.54, 1.807) is 6.07 Å². The van der Waals surface area contributed by atoms with Gasteiger partial charge in [0, 0.05) is 23.9 Å². The lowest BCUT2D eigenvalue weighted by molar-refractivity contribution is 0.308. The first kappa shape index (κ1) is 12.8. The Bertz CT molecular complexity index is 370. The first-order chi connectivity index (χ1) is 7.61. The lowest BCUT2D eigenvalue weighted by Gasteiger charge is -2.11. The molecule has 1 unspecified atom stereocenters. The predicted octanol–water partition coefficient (Wildman–Crippen LogP) is 1.62. The number of nitrogens with two attached hydrogens (primary N) is 1. The molecule has 1 rings (SSSR count). The van der Waals surface area contributed by atoms with E-state index in [2.05, 4.69) is 11.1 Å². The van der Waals surface area contributed by atoms with Gasteiger partial charge in [-0.05, 0) is 6.42 Å². The fraction of sp³-hybridized carbons (Fsp3) is 0.400. The Morgan fingerprint density at radius 2 is 2.06 bits per heavy atom. The van der Waals surface area contributed by atoms with Crippen molar-refractivity contribution in [2.45, 2.75) is 19.8 Å². The Morgan fingerprint density at radius 1 is 1.38 bits per heavy atom. The van der Waals surface area contributed by atoms with Crippen LogP contribution in [0.15, 0.2) is 18.2 Å². The summed E-state index contributed by atoms with van der Waals surface area (Å²) in [6, 6.07) is 4.53. The monoisotopic (exact) mass is 244 g/mol. The molecule has 0 aromatic heterocycles. The lowest BCUT2D eigenvalue weighted by Crippen LogP contribution is -2.01. The van der Waals surface area contributed by atoms with Gasteiger partial charge in [0.2, 0.25) is 0 Å². The van der Waals surface area contributed by atoms with Crippen LogP contribution in [0, 0.1) is 0 Å². The first-order valence-corrected chi connectivity index (χ1v) is 5.92. The van der Waals surface area contributed by atoms with Gasteiger partial charge in [-0.3, -0.25) is 0 Å². The number of rotatable bonds is 6. The molecule has 0 heterocycles. The van der Waals surface area contributed by atoms with Crippen LogP contribution in [0.25, 0.3) is 0 Å². The molecular weight excluding hydrogens is 230 g/mol. The molecule has 0 saturated heterocycles. The van der Waals surface area contributed by atoms with Crippen molar-refractivity contribution >= 4 is 17.0 Å². The fourth-order valence-corrected chi connectivity index (χ4v) is 1.39. The van der Waals surface area contributed by atoms with Crippen molar-refractivity contribution in [1.29, 1.82) is 0 Å². The predicted molar refractivity (Wildman–Crippen MR) is 60.8 cm³/mol. The number of anilines is 1.